The van der Waals surface area contributed by atoms with Crippen molar-refractivity contribution in [1.29, 1.82) is 0 Å². The fraction of sp³-hybridized carbons (Fsp3) is 0.308. The van der Waals surface area contributed by atoms with Crippen LogP contribution in [0.3, 0.4) is 0 Å². The Balaban J connectivity index is 0.000000386. The van der Waals surface area contributed by atoms with Gasteiger partial charge in [-0.15, -0.1) is 0 Å². The van der Waals surface area contributed by atoms with E-state index in [9.17, 15) is 0 Å². The molecule has 2 rings (SSSR count). The van der Waals surface area contributed by atoms with E-state index in [0.29, 0.717) is 0 Å². The van der Waals surface area contributed by atoms with Gasteiger partial charge in [-0.3, -0.25) is 0 Å². The Labute approximate surface area is 117 Å². The van der Waals surface area contributed by atoms with E-state index < -0.39 is 20.8 Å². The second-order valence-corrected chi connectivity index (χ2v) is 7.35. The van der Waals surface area contributed by atoms with E-state index in [4.69, 9.17) is 17.0 Å². The maximum absolute atomic E-state index is 4.93. The summed E-state index contributed by atoms with van der Waals surface area (Å²) in [5, 5.41) is 0. The van der Waals surface area contributed by atoms with Crippen LogP contribution in [0.15, 0.2) is 30.3 Å². The van der Waals surface area contributed by atoms with Gasteiger partial charge in [-0.25, -0.2) is 0 Å². The van der Waals surface area contributed by atoms with Crippen LogP contribution in [0.2, 0.25) is 0 Å². The van der Waals surface area contributed by atoms with Crippen molar-refractivity contribution >= 4 is 23.1 Å². The van der Waals surface area contributed by atoms with Crippen LogP contribution < -0.4 is 0 Å². The Hall–Kier alpha value is 0.423. The minimum absolute atomic E-state index is 0.826. The zero-order chi connectivity index (χ0) is 11.8. The quantitative estimate of drug-likeness (QED) is 0.713. The van der Waals surface area contributed by atoms with Crippen molar-refractivity contribution in [2.75, 3.05) is 0 Å². The number of hydrogen-bond acceptors (Lipinski definition) is 0. The molecule has 0 bridgehead atoms. The second kappa shape index (κ2) is 8.50. The first kappa shape index (κ1) is 14.5. The standard InChI is InChI=1S/C13H15.2ClH.Zr/c1-2-3-6-11-9-10-12-7-4-5-8-13(11)12;;;/h4-5,7-10H,2-3,6H2,1H3;2*1H;/q;;;+2/p-2. The number of halogens is 2. The van der Waals surface area contributed by atoms with Gasteiger partial charge in [0.15, 0.2) is 0 Å². The topological polar surface area (TPSA) is 0 Å². The maximum atomic E-state index is 4.93. The number of hydrogen-bond donors (Lipinski definition) is 0. The van der Waals surface area contributed by atoms with Crippen molar-refractivity contribution < 1.29 is 20.8 Å². The monoisotopic (exact) mass is 331 g/mol. The number of fused-ring (bicyclic) bond motifs is 1. The molecule has 0 saturated heterocycles. The summed E-state index contributed by atoms with van der Waals surface area (Å²) in [5.74, 6) is 1.51. The summed E-state index contributed by atoms with van der Waals surface area (Å²) in [5.41, 5.74) is 2.82. The van der Waals surface area contributed by atoms with Crippen molar-refractivity contribution in [1.82, 2.24) is 0 Å². The number of allylic oxidation sites excluding steroid dienone is 1. The fourth-order valence-electron chi connectivity index (χ4n) is 1.80. The van der Waals surface area contributed by atoms with Crippen LogP contribution in [-0.2, 0) is 20.8 Å². The Morgan fingerprint density at radius 3 is 2.50 bits per heavy atom. The molecule has 85 valence electrons. The summed E-state index contributed by atoms with van der Waals surface area (Å²) in [4.78, 5) is 0. The predicted molar refractivity (Wildman–Crippen MR) is 69.1 cm³/mol. The third-order valence-electron chi connectivity index (χ3n) is 2.57. The van der Waals surface area contributed by atoms with E-state index in [1.54, 1.807) is 0 Å². The summed E-state index contributed by atoms with van der Waals surface area (Å²) >= 11 is -0.826. The Bertz CT molecular complexity index is 336. The molecule has 16 heavy (non-hydrogen) atoms. The first-order valence-electron chi connectivity index (χ1n) is 5.43. The molecule has 1 aromatic carbocycles. The van der Waals surface area contributed by atoms with Crippen LogP contribution in [0, 0.1) is 5.92 Å². The molecule has 0 aliphatic heterocycles. The van der Waals surface area contributed by atoms with Gasteiger partial charge in [0.05, 0.1) is 0 Å². The summed E-state index contributed by atoms with van der Waals surface area (Å²) in [6, 6.07) is 8.63. The van der Waals surface area contributed by atoms with Gasteiger partial charge in [-0.05, 0) is 17.5 Å². The normalized spacial score (nSPS) is 12.9. The predicted octanol–water partition coefficient (Wildman–Crippen LogP) is 5.20. The molecular weight excluding hydrogens is 318 g/mol. The van der Waals surface area contributed by atoms with Crippen LogP contribution in [0.1, 0.15) is 37.3 Å². The molecule has 0 unspecified atom stereocenters. The molecule has 0 nitrogen and oxygen atoms in total. The van der Waals surface area contributed by atoms with Gasteiger partial charge >= 0.3 is 37.9 Å². The molecule has 0 aromatic heterocycles. The van der Waals surface area contributed by atoms with E-state index in [1.807, 2.05) is 0 Å². The average molecular weight is 333 g/mol. The van der Waals surface area contributed by atoms with Crippen molar-refractivity contribution in [3.8, 4) is 0 Å². The van der Waals surface area contributed by atoms with Crippen molar-refractivity contribution in [2.24, 2.45) is 0 Å². The van der Waals surface area contributed by atoms with E-state index in [2.05, 4.69) is 43.3 Å². The van der Waals surface area contributed by atoms with Gasteiger partial charge in [-0.2, -0.15) is 0 Å². The summed E-state index contributed by atoms with van der Waals surface area (Å²) in [7, 11) is 9.87. The van der Waals surface area contributed by atoms with Crippen molar-refractivity contribution in [3.05, 3.63) is 47.4 Å². The zero-order valence-electron chi connectivity index (χ0n) is 9.34. The Morgan fingerprint density at radius 2 is 1.81 bits per heavy atom. The van der Waals surface area contributed by atoms with Crippen LogP contribution in [0.25, 0.3) is 6.08 Å². The van der Waals surface area contributed by atoms with Gasteiger partial charge in [-0.1, -0.05) is 56.2 Å². The molecule has 3 heteroatoms. The number of unbranched alkanes of at least 4 members (excludes halogenated alkanes) is 1. The molecule has 1 aliphatic rings. The molecule has 0 amide bonds. The van der Waals surface area contributed by atoms with E-state index >= 15 is 0 Å². The van der Waals surface area contributed by atoms with Crippen LogP contribution in [0.5, 0.6) is 0 Å². The molecule has 0 spiro atoms. The summed E-state index contributed by atoms with van der Waals surface area (Å²) < 4.78 is 0. The molecule has 0 fully saturated rings. The average Bonchev–Trinajstić information content (AvgIpc) is 2.71. The molecule has 1 aliphatic carbocycles. The van der Waals surface area contributed by atoms with Gasteiger partial charge in [0.25, 0.3) is 0 Å². The summed E-state index contributed by atoms with van der Waals surface area (Å²) in [6.07, 6.45) is 8.29. The zero-order valence-corrected chi connectivity index (χ0v) is 13.3. The van der Waals surface area contributed by atoms with Crippen LogP contribution in [-0.4, -0.2) is 0 Å². The van der Waals surface area contributed by atoms with Crippen molar-refractivity contribution in [3.63, 3.8) is 0 Å². The van der Waals surface area contributed by atoms with E-state index in [1.165, 1.54) is 36.3 Å². The molecular formula is C13H15Cl2Zr. The third kappa shape index (κ3) is 4.36. The van der Waals surface area contributed by atoms with Gasteiger partial charge in [0, 0.05) is 5.92 Å². The van der Waals surface area contributed by atoms with Gasteiger partial charge in [0.1, 0.15) is 0 Å². The molecule has 0 N–H and O–H groups in total. The van der Waals surface area contributed by atoms with E-state index in [-0.39, 0.29) is 0 Å². The molecule has 0 atom stereocenters. The van der Waals surface area contributed by atoms with Crippen LogP contribution >= 0.6 is 17.0 Å². The second-order valence-electron chi connectivity index (χ2n) is 3.62. The van der Waals surface area contributed by atoms with Crippen molar-refractivity contribution in [2.45, 2.75) is 26.2 Å². The molecule has 1 radical (unpaired) electrons. The number of rotatable bonds is 3. The Kier molecular flexibility index (Phi) is 7.70. The van der Waals surface area contributed by atoms with Gasteiger partial charge < -0.3 is 0 Å². The summed E-state index contributed by atoms with van der Waals surface area (Å²) in [6.45, 7) is 2.24. The molecule has 0 heterocycles. The minimum atomic E-state index is -0.826. The molecule has 0 saturated carbocycles. The Morgan fingerprint density at radius 1 is 1.12 bits per heavy atom. The molecule has 1 aromatic rings. The van der Waals surface area contributed by atoms with Crippen LogP contribution in [0.4, 0.5) is 0 Å². The van der Waals surface area contributed by atoms with Gasteiger partial charge in [0.2, 0.25) is 0 Å². The first-order chi connectivity index (χ1) is 7.83. The number of benzene rings is 1. The third-order valence-corrected chi connectivity index (χ3v) is 2.57. The van der Waals surface area contributed by atoms with E-state index in [0.717, 1.165) is 0 Å². The SMILES string of the molecule is CCCC[C]1C=Cc2ccccc21.[Cl][Zr][Cl]. The fourth-order valence-corrected chi connectivity index (χ4v) is 1.80. The first-order valence-corrected chi connectivity index (χ1v) is 11.8.